The fourth-order valence-electron chi connectivity index (χ4n) is 2.49. The maximum absolute atomic E-state index is 12.5. The van der Waals surface area contributed by atoms with Crippen LogP contribution in [0.2, 0.25) is 0 Å². The molecule has 20 heavy (non-hydrogen) atoms. The third kappa shape index (κ3) is 3.40. The van der Waals surface area contributed by atoms with Gasteiger partial charge in [-0.15, -0.1) is 0 Å². The molecule has 1 aromatic carbocycles. The summed E-state index contributed by atoms with van der Waals surface area (Å²) in [6.07, 6.45) is 3.50. The molecule has 1 saturated carbocycles. The predicted molar refractivity (Wildman–Crippen MR) is 81.2 cm³/mol. The molecule has 1 aromatic rings. The zero-order chi connectivity index (χ0) is 14.8. The fraction of sp³-hybridized carbons (Fsp3) is 0.600. The molecular formula is C15H24N2O2S. The summed E-state index contributed by atoms with van der Waals surface area (Å²) in [5.74, 6) is 0.520. The monoisotopic (exact) mass is 296 g/mol. The van der Waals surface area contributed by atoms with Crippen LogP contribution in [0.1, 0.15) is 36.0 Å². The van der Waals surface area contributed by atoms with E-state index in [0.717, 1.165) is 29.5 Å². The van der Waals surface area contributed by atoms with Gasteiger partial charge in [0.25, 0.3) is 0 Å². The van der Waals surface area contributed by atoms with Crippen molar-refractivity contribution in [2.75, 3.05) is 13.6 Å². The largest absolute Gasteiger partial charge is 0.316 e. The van der Waals surface area contributed by atoms with Crippen LogP contribution in [0, 0.1) is 19.8 Å². The molecule has 1 aliphatic carbocycles. The van der Waals surface area contributed by atoms with E-state index in [0.29, 0.717) is 23.9 Å². The average molecular weight is 296 g/mol. The summed E-state index contributed by atoms with van der Waals surface area (Å²) in [5.41, 5.74) is 2.85. The molecule has 2 N–H and O–H groups in total. The van der Waals surface area contributed by atoms with Crippen LogP contribution in [-0.2, 0) is 16.6 Å². The zero-order valence-electron chi connectivity index (χ0n) is 12.5. The fourth-order valence-corrected chi connectivity index (χ4v) is 3.97. The van der Waals surface area contributed by atoms with Crippen LogP contribution in [0.4, 0.5) is 0 Å². The van der Waals surface area contributed by atoms with Crippen molar-refractivity contribution >= 4 is 10.0 Å². The molecule has 0 radical (unpaired) electrons. The van der Waals surface area contributed by atoms with Gasteiger partial charge in [0, 0.05) is 13.1 Å². The van der Waals surface area contributed by atoms with Gasteiger partial charge in [-0.05, 0) is 62.4 Å². The summed E-state index contributed by atoms with van der Waals surface area (Å²) in [6.45, 7) is 5.07. The molecule has 0 amide bonds. The first kappa shape index (κ1) is 15.5. The van der Waals surface area contributed by atoms with Crippen molar-refractivity contribution in [3.8, 4) is 0 Å². The summed E-state index contributed by atoms with van der Waals surface area (Å²) < 4.78 is 27.7. The second kappa shape index (κ2) is 6.24. The zero-order valence-corrected chi connectivity index (χ0v) is 13.3. The van der Waals surface area contributed by atoms with Crippen molar-refractivity contribution in [3.63, 3.8) is 0 Å². The van der Waals surface area contributed by atoms with Gasteiger partial charge >= 0.3 is 0 Å². The first-order chi connectivity index (χ1) is 9.44. The summed E-state index contributed by atoms with van der Waals surface area (Å²) in [4.78, 5) is 0.419. The topological polar surface area (TPSA) is 58.2 Å². The van der Waals surface area contributed by atoms with E-state index in [1.165, 1.54) is 6.42 Å². The van der Waals surface area contributed by atoms with Crippen LogP contribution >= 0.6 is 0 Å². The molecule has 1 fully saturated rings. The van der Waals surface area contributed by atoms with Gasteiger partial charge in [-0.1, -0.05) is 12.5 Å². The Kier molecular flexibility index (Phi) is 4.83. The standard InChI is InChI=1S/C15H24N2O2S/c1-11-7-14(9-16-3)8-15(12(11)2)20(18,19)17-10-13-5-4-6-13/h7-8,13,16-17H,4-6,9-10H2,1-3H3. The van der Waals surface area contributed by atoms with Crippen LogP contribution in [0.3, 0.4) is 0 Å². The highest BCUT2D eigenvalue weighted by Crippen LogP contribution is 2.26. The molecule has 1 aliphatic rings. The Morgan fingerprint density at radius 2 is 1.95 bits per heavy atom. The maximum Gasteiger partial charge on any atom is 0.240 e. The van der Waals surface area contributed by atoms with Crippen molar-refractivity contribution in [1.82, 2.24) is 10.0 Å². The molecule has 0 saturated heterocycles. The Hall–Kier alpha value is -0.910. The van der Waals surface area contributed by atoms with Crippen molar-refractivity contribution in [2.45, 2.75) is 44.6 Å². The van der Waals surface area contributed by atoms with Crippen LogP contribution < -0.4 is 10.0 Å². The first-order valence-corrected chi connectivity index (χ1v) is 8.66. The van der Waals surface area contributed by atoms with Gasteiger partial charge in [0.1, 0.15) is 0 Å². The lowest BCUT2D eigenvalue weighted by Crippen LogP contribution is -2.32. The summed E-state index contributed by atoms with van der Waals surface area (Å²) in [5, 5.41) is 3.06. The molecule has 0 aromatic heterocycles. The maximum atomic E-state index is 12.5. The van der Waals surface area contributed by atoms with Crippen molar-refractivity contribution < 1.29 is 8.42 Å². The van der Waals surface area contributed by atoms with E-state index in [9.17, 15) is 8.42 Å². The van der Waals surface area contributed by atoms with Crippen molar-refractivity contribution in [2.24, 2.45) is 5.92 Å². The van der Waals surface area contributed by atoms with E-state index < -0.39 is 10.0 Å². The molecule has 0 heterocycles. The molecule has 0 bridgehead atoms. The third-order valence-electron chi connectivity index (χ3n) is 4.14. The lowest BCUT2D eigenvalue weighted by atomic mass is 9.86. The van der Waals surface area contributed by atoms with Gasteiger partial charge in [-0.2, -0.15) is 0 Å². The van der Waals surface area contributed by atoms with Gasteiger partial charge in [0.15, 0.2) is 0 Å². The number of rotatable bonds is 6. The SMILES string of the molecule is CNCc1cc(C)c(C)c(S(=O)(=O)NCC2CCC2)c1. The van der Waals surface area contributed by atoms with Crippen LogP contribution in [-0.4, -0.2) is 22.0 Å². The molecule has 0 spiro atoms. The number of nitrogens with one attached hydrogen (secondary N) is 2. The Morgan fingerprint density at radius 1 is 1.25 bits per heavy atom. The summed E-state index contributed by atoms with van der Waals surface area (Å²) in [7, 11) is -1.54. The highest BCUT2D eigenvalue weighted by atomic mass is 32.2. The van der Waals surface area contributed by atoms with Crippen LogP contribution in [0.5, 0.6) is 0 Å². The number of aryl methyl sites for hydroxylation is 1. The van der Waals surface area contributed by atoms with Crippen molar-refractivity contribution in [1.29, 1.82) is 0 Å². The predicted octanol–water partition coefficient (Wildman–Crippen LogP) is 2.10. The third-order valence-corrected chi connectivity index (χ3v) is 5.69. The molecular weight excluding hydrogens is 272 g/mol. The highest BCUT2D eigenvalue weighted by molar-refractivity contribution is 7.89. The van der Waals surface area contributed by atoms with Gasteiger partial charge in [-0.25, -0.2) is 13.1 Å². The molecule has 0 atom stereocenters. The van der Waals surface area contributed by atoms with Crippen molar-refractivity contribution in [3.05, 3.63) is 28.8 Å². The number of hydrogen-bond acceptors (Lipinski definition) is 3. The summed E-state index contributed by atoms with van der Waals surface area (Å²) >= 11 is 0. The second-order valence-electron chi connectivity index (χ2n) is 5.72. The van der Waals surface area contributed by atoms with Crippen LogP contribution in [0.15, 0.2) is 17.0 Å². The Labute approximate surface area is 122 Å². The average Bonchev–Trinajstić information content (AvgIpc) is 2.31. The smallest absolute Gasteiger partial charge is 0.240 e. The Bertz CT molecular complexity index is 578. The van der Waals surface area contributed by atoms with Gasteiger partial charge in [0.05, 0.1) is 4.90 Å². The minimum atomic E-state index is -3.40. The molecule has 112 valence electrons. The second-order valence-corrected chi connectivity index (χ2v) is 7.45. The quantitative estimate of drug-likeness (QED) is 0.845. The van der Waals surface area contributed by atoms with E-state index in [4.69, 9.17) is 0 Å². The van der Waals surface area contributed by atoms with E-state index in [1.54, 1.807) is 6.07 Å². The van der Waals surface area contributed by atoms with E-state index in [-0.39, 0.29) is 0 Å². The van der Waals surface area contributed by atoms with E-state index >= 15 is 0 Å². The molecule has 2 rings (SSSR count). The minimum Gasteiger partial charge on any atom is -0.316 e. The molecule has 0 unspecified atom stereocenters. The van der Waals surface area contributed by atoms with Gasteiger partial charge < -0.3 is 5.32 Å². The molecule has 5 heteroatoms. The summed E-state index contributed by atoms with van der Waals surface area (Å²) in [6, 6.07) is 3.82. The lowest BCUT2D eigenvalue weighted by Gasteiger charge is -2.25. The number of hydrogen-bond donors (Lipinski definition) is 2. The van der Waals surface area contributed by atoms with E-state index in [1.807, 2.05) is 27.0 Å². The first-order valence-electron chi connectivity index (χ1n) is 7.18. The van der Waals surface area contributed by atoms with E-state index in [2.05, 4.69) is 10.0 Å². The molecule has 4 nitrogen and oxygen atoms in total. The van der Waals surface area contributed by atoms with Gasteiger partial charge in [-0.3, -0.25) is 0 Å². The number of sulfonamides is 1. The minimum absolute atomic E-state index is 0.419. The van der Waals surface area contributed by atoms with Gasteiger partial charge in [0.2, 0.25) is 10.0 Å². The highest BCUT2D eigenvalue weighted by Gasteiger charge is 2.23. The normalized spacial score (nSPS) is 16.1. The Balaban J connectivity index is 2.24. The van der Waals surface area contributed by atoms with Crippen LogP contribution in [0.25, 0.3) is 0 Å². The molecule has 0 aliphatic heterocycles. The lowest BCUT2D eigenvalue weighted by molar-refractivity contribution is 0.316. The number of benzene rings is 1. The Morgan fingerprint density at radius 3 is 2.50 bits per heavy atom.